The van der Waals surface area contributed by atoms with Crippen molar-refractivity contribution in [2.24, 2.45) is 0 Å². The van der Waals surface area contributed by atoms with Crippen molar-refractivity contribution in [3.8, 4) is 0 Å². The zero-order chi connectivity index (χ0) is 11.9. The number of rotatable bonds is 1. The zero-order valence-corrected chi connectivity index (χ0v) is 11.8. The number of hydrogen-bond donors (Lipinski definition) is 0. The Morgan fingerprint density at radius 1 is 1.38 bits per heavy atom. The third-order valence-electron chi connectivity index (χ3n) is 2.33. The molecule has 1 aromatic rings. The molecule has 86 valence electrons. The van der Waals surface area contributed by atoms with E-state index in [-0.39, 0.29) is 22.8 Å². The van der Waals surface area contributed by atoms with Crippen LogP contribution in [0.4, 0.5) is 14.5 Å². The maximum absolute atomic E-state index is 13.6. The van der Waals surface area contributed by atoms with Crippen LogP contribution < -0.4 is 4.90 Å². The number of anilines is 1. The quantitative estimate of drug-likeness (QED) is 0.523. The summed E-state index contributed by atoms with van der Waals surface area (Å²) in [6.07, 6.45) is 0.269. The van der Waals surface area contributed by atoms with Gasteiger partial charge in [-0.15, -0.1) is 0 Å². The lowest BCUT2D eigenvalue weighted by Crippen LogP contribution is -2.26. The van der Waals surface area contributed by atoms with Crippen LogP contribution >= 0.6 is 38.5 Å². The topological polar surface area (TPSA) is 20.3 Å². The third kappa shape index (κ3) is 2.22. The molecule has 0 saturated carbocycles. The second kappa shape index (κ2) is 4.56. The van der Waals surface area contributed by atoms with Gasteiger partial charge in [-0.2, -0.15) is 0 Å². The van der Waals surface area contributed by atoms with Gasteiger partial charge in [0, 0.05) is 21.4 Å². The summed E-state index contributed by atoms with van der Waals surface area (Å²) in [7, 11) is 0. The van der Waals surface area contributed by atoms with Gasteiger partial charge in [0.25, 0.3) is 0 Å². The first-order chi connectivity index (χ1) is 7.49. The Bertz CT molecular complexity index is 431. The van der Waals surface area contributed by atoms with E-state index in [0.717, 1.165) is 4.90 Å². The highest BCUT2D eigenvalue weighted by molar-refractivity contribution is 14.1. The molecular weight excluding hydrogens is 395 g/mol. The number of carbonyl (C=O) groups excluding carboxylic acids is 1. The van der Waals surface area contributed by atoms with Gasteiger partial charge >= 0.3 is 0 Å². The lowest BCUT2D eigenvalue weighted by Gasteiger charge is -2.17. The largest absolute Gasteiger partial charge is 0.306 e. The van der Waals surface area contributed by atoms with Crippen molar-refractivity contribution >= 4 is 50.1 Å². The van der Waals surface area contributed by atoms with E-state index in [1.54, 1.807) is 0 Å². The molecule has 0 bridgehead atoms. The fourth-order valence-electron chi connectivity index (χ4n) is 1.67. The molecule has 16 heavy (non-hydrogen) atoms. The number of amides is 1. The number of nitrogens with zero attached hydrogens (tertiary/aromatic N) is 1. The van der Waals surface area contributed by atoms with E-state index < -0.39 is 11.6 Å². The first-order valence-corrected chi connectivity index (χ1v) is 6.57. The molecule has 1 aliphatic heterocycles. The molecule has 1 amide bonds. The molecule has 0 aromatic heterocycles. The van der Waals surface area contributed by atoms with Crippen LogP contribution in [0.1, 0.15) is 6.42 Å². The highest BCUT2D eigenvalue weighted by atomic mass is 127. The van der Waals surface area contributed by atoms with Gasteiger partial charge < -0.3 is 4.90 Å². The first kappa shape index (κ1) is 12.2. The van der Waals surface area contributed by atoms with Crippen LogP contribution in [0.5, 0.6) is 0 Å². The minimum absolute atomic E-state index is 0.0434. The Kier molecular flexibility index (Phi) is 3.48. The predicted molar refractivity (Wildman–Crippen MR) is 68.8 cm³/mol. The van der Waals surface area contributed by atoms with Gasteiger partial charge in [-0.05, 0) is 34.7 Å². The van der Waals surface area contributed by atoms with Gasteiger partial charge in [-0.25, -0.2) is 8.78 Å². The van der Waals surface area contributed by atoms with Crippen LogP contribution in [0.15, 0.2) is 12.1 Å². The number of carbonyl (C=O) groups is 1. The lowest BCUT2D eigenvalue weighted by atomic mass is 10.2. The Hall–Kier alpha value is -0.240. The molecule has 2 nitrogen and oxygen atoms in total. The van der Waals surface area contributed by atoms with E-state index in [1.165, 1.54) is 12.1 Å². The average molecular weight is 402 g/mol. The van der Waals surface area contributed by atoms with Crippen molar-refractivity contribution in [3.63, 3.8) is 0 Å². The molecule has 1 fully saturated rings. The van der Waals surface area contributed by atoms with E-state index in [4.69, 9.17) is 0 Å². The fraction of sp³-hybridized carbons (Fsp3) is 0.300. The normalized spacial score (nSPS) is 20.6. The SMILES string of the molecule is O=C1CC(Br)CN1c1c(F)cc(I)cc1F. The number of halogens is 4. The zero-order valence-electron chi connectivity index (χ0n) is 8.01. The molecule has 0 spiro atoms. The van der Waals surface area contributed by atoms with Crippen LogP contribution in [-0.2, 0) is 4.79 Å². The fourth-order valence-corrected chi connectivity index (χ4v) is 2.79. The molecule has 1 unspecified atom stereocenters. The van der Waals surface area contributed by atoms with Crippen molar-refractivity contribution in [1.29, 1.82) is 0 Å². The summed E-state index contributed by atoms with van der Waals surface area (Å²) in [5, 5.41) is 0. The van der Waals surface area contributed by atoms with E-state index >= 15 is 0 Å². The molecule has 0 aliphatic carbocycles. The van der Waals surface area contributed by atoms with Gasteiger partial charge in [0.15, 0.2) is 11.6 Å². The van der Waals surface area contributed by atoms with Gasteiger partial charge in [-0.1, -0.05) is 15.9 Å². The highest BCUT2D eigenvalue weighted by Gasteiger charge is 2.32. The number of hydrogen-bond acceptors (Lipinski definition) is 1. The van der Waals surface area contributed by atoms with E-state index in [1.807, 2.05) is 22.6 Å². The molecule has 0 radical (unpaired) electrons. The smallest absolute Gasteiger partial charge is 0.228 e. The summed E-state index contributed by atoms with van der Waals surface area (Å²) in [6.45, 7) is 0.299. The van der Waals surface area contributed by atoms with Gasteiger partial charge in [0.05, 0.1) is 0 Å². The Labute approximate surface area is 113 Å². The van der Waals surface area contributed by atoms with Crippen molar-refractivity contribution in [2.45, 2.75) is 11.2 Å². The van der Waals surface area contributed by atoms with E-state index in [0.29, 0.717) is 10.1 Å². The maximum atomic E-state index is 13.6. The van der Waals surface area contributed by atoms with E-state index in [9.17, 15) is 13.6 Å². The predicted octanol–water partition coefficient (Wildman–Crippen LogP) is 3.07. The van der Waals surface area contributed by atoms with Gasteiger partial charge in [-0.3, -0.25) is 4.79 Å². The summed E-state index contributed by atoms with van der Waals surface area (Å²) in [5.74, 6) is -1.65. The molecule has 1 saturated heterocycles. The molecule has 1 aliphatic rings. The second-order valence-electron chi connectivity index (χ2n) is 3.52. The van der Waals surface area contributed by atoms with Crippen LogP contribution in [0.25, 0.3) is 0 Å². The summed E-state index contributed by atoms with van der Waals surface area (Å²) in [5.41, 5.74) is -0.243. The monoisotopic (exact) mass is 401 g/mol. The summed E-state index contributed by atoms with van der Waals surface area (Å²) >= 11 is 5.10. The molecular formula is C10H7BrF2INO. The van der Waals surface area contributed by atoms with Crippen molar-refractivity contribution in [1.82, 2.24) is 0 Å². The first-order valence-electron chi connectivity index (χ1n) is 4.58. The minimum Gasteiger partial charge on any atom is -0.306 e. The minimum atomic E-state index is -0.695. The highest BCUT2D eigenvalue weighted by Crippen LogP contribution is 2.30. The van der Waals surface area contributed by atoms with Crippen LogP contribution in [0, 0.1) is 15.2 Å². The molecule has 6 heteroatoms. The van der Waals surface area contributed by atoms with E-state index in [2.05, 4.69) is 15.9 Å². The van der Waals surface area contributed by atoms with Crippen molar-refractivity contribution < 1.29 is 13.6 Å². The van der Waals surface area contributed by atoms with Gasteiger partial charge in [0.2, 0.25) is 5.91 Å². The molecule has 1 atom stereocenters. The Balaban J connectivity index is 2.44. The Morgan fingerprint density at radius 3 is 2.38 bits per heavy atom. The third-order valence-corrected chi connectivity index (χ3v) is 3.57. The van der Waals surface area contributed by atoms with Crippen LogP contribution in [0.2, 0.25) is 0 Å². The molecule has 1 heterocycles. The van der Waals surface area contributed by atoms with Crippen LogP contribution in [-0.4, -0.2) is 17.3 Å². The number of benzene rings is 1. The molecule has 0 N–H and O–H groups in total. The molecule has 2 rings (SSSR count). The van der Waals surface area contributed by atoms with Gasteiger partial charge in [0.1, 0.15) is 5.69 Å². The average Bonchev–Trinajstić information content (AvgIpc) is 2.43. The summed E-state index contributed by atoms with van der Waals surface area (Å²) in [6, 6.07) is 2.43. The van der Waals surface area contributed by atoms with Crippen molar-refractivity contribution in [2.75, 3.05) is 11.4 Å². The molecule has 1 aromatic carbocycles. The van der Waals surface area contributed by atoms with Crippen molar-refractivity contribution in [3.05, 3.63) is 27.3 Å². The maximum Gasteiger partial charge on any atom is 0.228 e. The van der Waals surface area contributed by atoms with Crippen LogP contribution in [0.3, 0.4) is 0 Å². The standard InChI is InChI=1S/C10H7BrF2INO/c11-5-1-9(16)15(4-5)10-7(12)2-6(14)3-8(10)13/h2-3,5H,1,4H2. The summed E-state index contributed by atoms with van der Waals surface area (Å²) < 4.78 is 27.7. The Morgan fingerprint density at radius 2 is 1.94 bits per heavy atom. The summed E-state index contributed by atoms with van der Waals surface area (Å²) in [4.78, 5) is 12.6. The lowest BCUT2D eigenvalue weighted by molar-refractivity contribution is -0.117. The number of alkyl halides is 1. The second-order valence-corrected chi connectivity index (χ2v) is 6.06.